The lowest BCUT2D eigenvalue weighted by molar-refractivity contribution is -0.0185. The van der Waals surface area contributed by atoms with Gasteiger partial charge in [0.05, 0.1) is 12.7 Å². The first-order valence-electron chi connectivity index (χ1n) is 18.6. The van der Waals surface area contributed by atoms with E-state index in [1.165, 1.54) is 161 Å². The second-order valence-corrected chi connectivity index (χ2v) is 12.7. The van der Waals surface area contributed by atoms with Gasteiger partial charge in [-0.2, -0.15) is 0 Å². The summed E-state index contributed by atoms with van der Waals surface area (Å²) in [4.78, 5) is 0. The topological polar surface area (TPSA) is 60.7 Å². The predicted octanol–water partition coefficient (Wildman–Crippen LogP) is 11.7. The molecule has 248 valence electrons. The van der Waals surface area contributed by atoms with Gasteiger partial charge >= 0.3 is 0 Å². The van der Waals surface area contributed by atoms with Crippen LogP contribution in [0.1, 0.15) is 193 Å². The van der Waals surface area contributed by atoms with Crippen molar-refractivity contribution in [2.24, 2.45) is 0 Å². The van der Waals surface area contributed by atoms with Crippen LogP contribution in [0.2, 0.25) is 0 Å². The standard InChI is InChI=1S/C39H74O3/c1-2-3-4-5-6-7-8-9-10-11-12-13-14-15-16-17-18-19-20-21-22-23-24-25-26-27-28-29-30-31-32-33-34-35-36-38(41)39(42)37-40/h9-10,24-25,27-28,38-42H,2-8,11-23,26,29-37H2,1H3/b10-9-,25-24-,28-27-. The van der Waals surface area contributed by atoms with Gasteiger partial charge in [0.2, 0.25) is 0 Å². The van der Waals surface area contributed by atoms with Gasteiger partial charge in [-0.15, -0.1) is 0 Å². The average molecular weight is 591 g/mol. The molecule has 3 nitrogen and oxygen atoms in total. The third-order valence-corrected chi connectivity index (χ3v) is 8.49. The van der Waals surface area contributed by atoms with Gasteiger partial charge in [-0.1, -0.05) is 165 Å². The highest BCUT2D eigenvalue weighted by atomic mass is 16.4. The van der Waals surface area contributed by atoms with Gasteiger partial charge in [-0.25, -0.2) is 0 Å². The largest absolute Gasteiger partial charge is 0.394 e. The summed E-state index contributed by atoms with van der Waals surface area (Å²) >= 11 is 0. The molecule has 0 saturated heterocycles. The van der Waals surface area contributed by atoms with Crippen molar-refractivity contribution in [2.45, 2.75) is 205 Å². The molecule has 2 unspecified atom stereocenters. The molecule has 0 fully saturated rings. The Bertz CT molecular complexity index is 582. The summed E-state index contributed by atoms with van der Waals surface area (Å²) < 4.78 is 0. The van der Waals surface area contributed by atoms with Gasteiger partial charge in [0.25, 0.3) is 0 Å². The second-order valence-electron chi connectivity index (χ2n) is 12.7. The molecule has 0 aliphatic carbocycles. The van der Waals surface area contributed by atoms with Crippen LogP contribution in [0.25, 0.3) is 0 Å². The van der Waals surface area contributed by atoms with Crippen molar-refractivity contribution in [1.29, 1.82) is 0 Å². The molecule has 0 radical (unpaired) electrons. The van der Waals surface area contributed by atoms with Crippen LogP contribution in [0.3, 0.4) is 0 Å². The summed E-state index contributed by atoms with van der Waals surface area (Å²) in [6, 6.07) is 0. The first-order chi connectivity index (χ1) is 20.7. The summed E-state index contributed by atoms with van der Waals surface area (Å²) in [6.07, 6.45) is 50.0. The fourth-order valence-corrected chi connectivity index (χ4v) is 5.54. The van der Waals surface area contributed by atoms with E-state index in [4.69, 9.17) is 5.11 Å². The van der Waals surface area contributed by atoms with Crippen molar-refractivity contribution < 1.29 is 15.3 Å². The maximum absolute atomic E-state index is 9.61. The number of hydrogen-bond donors (Lipinski definition) is 3. The van der Waals surface area contributed by atoms with Crippen molar-refractivity contribution in [3.63, 3.8) is 0 Å². The van der Waals surface area contributed by atoms with Gasteiger partial charge in [-0.05, 0) is 64.2 Å². The van der Waals surface area contributed by atoms with E-state index in [1.54, 1.807) is 0 Å². The molecule has 0 spiro atoms. The maximum Gasteiger partial charge on any atom is 0.103 e. The quantitative estimate of drug-likeness (QED) is 0.0516. The Morgan fingerprint density at radius 3 is 1.05 bits per heavy atom. The van der Waals surface area contributed by atoms with Gasteiger partial charge in [0, 0.05) is 0 Å². The summed E-state index contributed by atoms with van der Waals surface area (Å²) in [5.74, 6) is 0. The summed E-state index contributed by atoms with van der Waals surface area (Å²) in [6.45, 7) is 1.93. The zero-order valence-corrected chi connectivity index (χ0v) is 28.2. The van der Waals surface area contributed by atoms with Crippen LogP contribution in [0.15, 0.2) is 36.5 Å². The van der Waals surface area contributed by atoms with Gasteiger partial charge in [0.15, 0.2) is 0 Å². The third-order valence-electron chi connectivity index (χ3n) is 8.49. The molecule has 0 aromatic rings. The monoisotopic (exact) mass is 591 g/mol. The van der Waals surface area contributed by atoms with Gasteiger partial charge < -0.3 is 15.3 Å². The molecule has 0 aromatic heterocycles. The summed E-state index contributed by atoms with van der Waals surface area (Å²) in [5.41, 5.74) is 0. The molecule has 0 amide bonds. The fourth-order valence-electron chi connectivity index (χ4n) is 5.54. The highest BCUT2D eigenvalue weighted by Gasteiger charge is 2.13. The lowest BCUT2D eigenvalue weighted by atomic mass is 10.0. The molecule has 0 bridgehead atoms. The molecular formula is C39H74O3. The van der Waals surface area contributed by atoms with Crippen LogP contribution in [-0.4, -0.2) is 34.1 Å². The van der Waals surface area contributed by atoms with Crippen molar-refractivity contribution in [3.05, 3.63) is 36.5 Å². The molecule has 0 aromatic carbocycles. The van der Waals surface area contributed by atoms with Crippen molar-refractivity contribution in [3.8, 4) is 0 Å². The highest BCUT2D eigenvalue weighted by Crippen LogP contribution is 2.14. The van der Waals surface area contributed by atoms with Crippen LogP contribution >= 0.6 is 0 Å². The fraction of sp³-hybridized carbons (Fsp3) is 0.846. The van der Waals surface area contributed by atoms with Crippen LogP contribution in [0.4, 0.5) is 0 Å². The molecule has 2 atom stereocenters. The van der Waals surface area contributed by atoms with Gasteiger partial charge in [0.1, 0.15) is 6.10 Å². The van der Waals surface area contributed by atoms with E-state index >= 15 is 0 Å². The lowest BCUT2D eigenvalue weighted by Crippen LogP contribution is -2.28. The summed E-state index contributed by atoms with van der Waals surface area (Å²) in [5, 5.41) is 27.8. The van der Waals surface area contributed by atoms with E-state index in [2.05, 4.69) is 43.4 Å². The number of unbranched alkanes of at least 4 members (excludes halogenated alkanes) is 24. The van der Waals surface area contributed by atoms with E-state index in [0.29, 0.717) is 6.42 Å². The Labute approximate surface area is 263 Å². The zero-order valence-electron chi connectivity index (χ0n) is 28.2. The minimum Gasteiger partial charge on any atom is -0.394 e. The van der Waals surface area contributed by atoms with E-state index in [0.717, 1.165) is 19.3 Å². The number of hydrogen-bond acceptors (Lipinski definition) is 3. The minimum atomic E-state index is -0.987. The third kappa shape index (κ3) is 33.6. The molecule has 0 saturated carbocycles. The summed E-state index contributed by atoms with van der Waals surface area (Å²) in [7, 11) is 0. The zero-order chi connectivity index (χ0) is 30.6. The average Bonchev–Trinajstić information content (AvgIpc) is 3.00. The Morgan fingerprint density at radius 2 is 0.690 bits per heavy atom. The lowest BCUT2D eigenvalue weighted by Gasteiger charge is -2.14. The van der Waals surface area contributed by atoms with E-state index < -0.39 is 12.2 Å². The van der Waals surface area contributed by atoms with Crippen molar-refractivity contribution >= 4 is 0 Å². The maximum atomic E-state index is 9.61. The highest BCUT2D eigenvalue weighted by molar-refractivity contribution is 4.92. The molecule has 0 rings (SSSR count). The van der Waals surface area contributed by atoms with Crippen LogP contribution in [-0.2, 0) is 0 Å². The predicted molar refractivity (Wildman–Crippen MR) is 186 cm³/mol. The number of allylic oxidation sites excluding steroid dienone is 6. The van der Waals surface area contributed by atoms with Crippen molar-refractivity contribution in [2.75, 3.05) is 6.61 Å². The smallest absolute Gasteiger partial charge is 0.103 e. The minimum absolute atomic E-state index is 0.358. The van der Waals surface area contributed by atoms with Crippen molar-refractivity contribution in [1.82, 2.24) is 0 Å². The second kappa shape index (κ2) is 36.3. The Balaban J connectivity index is 3.22. The van der Waals surface area contributed by atoms with Gasteiger partial charge in [-0.3, -0.25) is 0 Å². The van der Waals surface area contributed by atoms with E-state index in [1.807, 2.05) is 0 Å². The molecule has 3 N–H and O–H groups in total. The molecule has 0 heterocycles. The molecule has 0 aliphatic rings. The van der Waals surface area contributed by atoms with Crippen LogP contribution in [0.5, 0.6) is 0 Å². The number of aliphatic hydroxyl groups is 3. The Kier molecular flexibility index (Phi) is 35.5. The molecular weight excluding hydrogens is 516 g/mol. The SMILES string of the molecule is CCCCCCCC/C=C\CCCCCCCCCCCCC/C=C\C/C=C\CCCCCCCCC(O)C(O)CO. The van der Waals surface area contributed by atoms with E-state index in [-0.39, 0.29) is 6.61 Å². The molecule has 42 heavy (non-hydrogen) atoms. The first-order valence-corrected chi connectivity index (χ1v) is 18.6. The van der Waals surface area contributed by atoms with E-state index in [9.17, 15) is 10.2 Å². The molecule has 3 heteroatoms. The van der Waals surface area contributed by atoms with Crippen LogP contribution < -0.4 is 0 Å². The Hall–Kier alpha value is -0.900. The Morgan fingerprint density at radius 1 is 0.381 bits per heavy atom. The van der Waals surface area contributed by atoms with Crippen LogP contribution in [0, 0.1) is 0 Å². The molecule has 0 aliphatic heterocycles. The first kappa shape index (κ1) is 41.1. The normalized spacial score (nSPS) is 13.7. The number of rotatable bonds is 34. The number of aliphatic hydroxyl groups excluding tert-OH is 3.